The van der Waals surface area contributed by atoms with Crippen molar-refractivity contribution in [3.05, 3.63) is 60.2 Å². The minimum Gasteiger partial charge on any atom is -0.340 e. The molecule has 1 saturated heterocycles. The van der Waals surface area contributed by atoms with Crippen molar-refractivity contribution in [2.45, 2.75) is 19.9 Å². The van der Waals surface area contributed by atoms with Gasteiger partial charge in [-0.25, -0.2) is 0 Å². The van der Waals surface area contributed by atoms with Gasteiger partial charge in [-0.05, 0) is 29.8 Å². The van der Waals surface area contributed by atoms with Gasteiger partial charge in [0.1, 0.15) is 6.42 Å². The molecule has 2 aromatic rings. The van der Waals surface area contributed by atoms with Gasteiger partial charge in [0.2, 0.25) is 17.7 Å². The van der Waals surface area contributed by atoms with E-state index < -0.39 is 0 Å². The molecule has 3 amide bonds. The van der Waals surface area contributed by atoms with E-state index >= 15 is 0 Å². The smallest absolute Gasteiger partial charge is 0.233 e. The normalized spacial score (nSPS) is 14.3. The minimum absolute atomic E-state index is 0.156. The monoisotopic (exact) mass is 394 g/mol. The lowest BCUT2D eigenvalue weighted by Crippen LogP contribution is -2.48. The number of nitrogens with one attached hydrogen (secondary N) is 2. The third kappa shape index (κ3) is 6.43. The standard InChI is InChI=1S/C22H26N4O3/c1-17(27)23-19-7-9-20(10-8-19)24-21(28)15-22(29)26-13-11-25(12-14-26)16-18-5-3-2-4-6-18/h2-10H,11-16H2,1H3,(H,23,27)(H,24,28). The zero-order valence-corrected chi connectivity index (χ0v) is 16.6. The summed E-state index contributed by atoms with van der Waals surface area (Å²) in [7, 11) is 0. The SMILES string of the molecule is CC(=O)Nc1ccc(NC(=O)CC(=O)N2CCN(Cc3ccccc3)CC2)cc1. The van der Waals surface area contributed by atoms with E-state index in [4.69, 9.17) is 0 Å². The van der Waals surface area contributed by atoms with Crippen molar-refractivity contribution in [3.8, 4) is 0 Å². The molecule has 29 heavy (non-hydrogen) atoms. The number of piperazine rings is 1. The number of hydrogen-bond donors (Lipinski definition) is 2. The fraction of sp³-hybridized carbons (Fsp3) is 0.318. The number of hydrogen-bond acceptors (Lipinski definition) is 4. The summed E-state index contributed by atoms with van der Waals surface area (Å²) in [4.78, 5) is 39.7. The van der Waals surface area contributed by atoms with E-state index in [-0.39, 0.29) is 24.1 Å². The van der Waals surface area contributed by atoms with E-state index in [1.54, 1.807) is 29.2 Å². The molecule has 0 spiro atoms. The van der Waals surface area contributed by atoms with Crippen LogP contribution >= 0.6 is 0 Å². The maximum absolute atomic E-state index is 12.4. The summed E-state index contributed by atoms with van der Waals surface area (Å²) >= 11 is 0. The molecule has 7 heteroatoms. The molecule has 0 aromatic heterocycles. The Labute approximate surface area is 170 Å². The van der Waals surface area contributed by atoms with Crippen LogP contribution < -0.4 is 10.6 Å². The maximum atomic E-state index is 12.4. The van der Waals surface area contributed by atoms with Crippen molar-refractivity contribution in [2.75, 3.05) is 36.8 Å². The number of rotatable bonds is 6. The molecule has 1 fully saturated rings. The molecular weight excluding hydrogens is 368 g/mol. The third-order valence-corrected chi connectivity index (χ3v) is 4.77. The number of carbonyl (C=O) groups excluding carboxylic acids is 3. The Morgan fingerprint density at radius 2 is 1.41 bits per heavy atom. The highest BCUT2D eigenvalue weighted by atomic mass is 16.2. The van der Waals surface area contributed by atoms with Gasteiger partial charge in [0.25, 0.3) is 0 Å². The molecule has 0 aliphatic carbocycles. The quantitative estimate of drug-likeness (QED) is 0.737. The first-order valence-corrected chi connectivity index (χ1v) is 9.71. The maximum Gasteiger partial charge on any atom is 0.233 e. The number of carbonyl (C=O) groups is 3. The van der Waals surface area contributed by atoms with Crippen LogP contribution in [0.2, 0.25) is 0 Å². The van der Waals surface area contributed by atoms with Gasteiger partial charge in [-0.3, -0.25) is 19.3 Å². The Hall–Kier alpha value is -3.19. The Kier molecular flexibility index (Phi) is 6.97. The van der Waals surface area contributed by atoms with E-state index in [2.05, 4.69) is 27.7 Å². The highest BCUT2D eigenvalue weighted by Gasteiger charge is 2.22. The van der Waals surface area contributed by atoms with Gasteiger partial charge in [-0.2, -0.15) is 0 Å². The lowest BCUT2D eigenvalue weighted by molar-refractivity contribution is -0.136. The molecule has 0 atom stereocenters. The topological polar surface area (TPSA) is 81.8 Å². The van der Waals surface area contributed by atoms with E-state index in [1.165, 1.54) is 12.5 Å². The van der Waals surface area contributed by atoms with E-state index in [0.29, 0.717) is 24.5 Å². The minimum atomic E-state index is -0.339. The lowest BCUT2D eigenvalue weighted by Gasteiger charge is -2.34. The highest BCUT2D eigenvalue weighted by Crippen LogP contribution is 2.14. The largest absolute Gasteiger partial charge is 0.340 e. The molecule has 0 saturated carbocycles. The van der Waals surface area contributed by atoms with Crippen molar-refractivity contribution >= 4 is 29.1 Å². The molecule has 1 heterocycles. The number of benzene rings is 2. The van der Waals surface area contributed by atoms with E-state index in [9.17, 15) is 14.4 Å². The Morgan fingerprint density at radius 1 is 0.828 bits per heavy atom. The zero-order chi connectivity index (χ0) is 20.6. The summed E-state index contributed by atoms with van der Waals surface area (Å²) in [6.45, 7) is 5.16. The van der Waals surface area contributed by atoms with Crippen LogP contribution in [0.1, 0.15) is 18.9 Å². The molecule has 152 valence electrons. The van der Waals surface area contributed by atoms with Crippen molar-refractivity contribution in [3.63, 3.8) is 0 Å². The van der Waals surface area contributed by atoms with Gasteiger partial charge in [-0.1, -0.05) is 30.3 Å². The van der Waals surface area contributed by atoms with Gasteiger partial charge in [0, 0.05) is 51.0 Å². The van der Waals surface area contributed by atoms with Gasteiger partial charge in [-0.15, -0.1) is 0 Å². The average molecular weight is 394 g/mol. The fourth-order valence-electron chi connectivity index (χ4n) is 3.29. The second kappa shape index (κ2) is 9.84. The van der Waals surface area contributed by atoms with Crippen LogP contribution in [-0.2, 0) is 20.9 Å². The van der Waals surface area contributed by atoms with Crippen molar-refractivity contribution < 1.29 is 14.4 Å². The van der Waals surface area contributed by atoms with Gasteiger partial charge in [0.15, 0.2) is 0 Å². The predicted molar refractivity (Wildman–Crippen MR) is 112 cm³/mol. The molecule has 3 rings (SSSR count). The number of nitrogens with zero attached hydrogens (tertiary/aromatic N) is 2. The third-order valence-electron chi connectivity index (χ3n) is 4.77. The van der Waals surface area contributed by atoms with Gasteiger partial charge in [0.05, 0.1) is 0 Å². The van der Waals surface area contributed by atoms with E-state index in [1.807, 2.05) is 18.2 Å². The van der Waals surface area contributed by atoms with Gasteiger partial charge < -0.3 is 15.5 Å². The molecule has 0 bridgehead atoms. The second-order valence-electron chi connectivity index (χ2n) is 7.13. The summed E-state index contributed by atoms with van der Waals surface area (Å²) < 4.78 is 0. The molecule has 0 radical (unpaired) electrons. The second-order valence-corrected chi connectivity index (χ2v) is 7.13. The Bertz CT molecular complexity index is 844. The Balaban J connectivity index is 1.42. The lowest BCUT2D eigenvalue weighted by atomic mass is 10.2. The van der Waals surface area contributed by atoms with Crippen LogP contribution in [0.3, 0.4) is 0 Å². The molecular formula is C22H26N4O3. The molecule has 1 aliphatic rings. The molecule has 2 aromatic carbocycles. The van der Waals surface area contributed by atoms with Crippen LogP contribution in [0.5, 0.6) is 0 Å². The predicted octanol–water partition coefficient (Wildman–Crippen LogP) is 2.32. The van der Waals surface area contributed by atoms with Crippen LogP contribution in [0, 0.1) is 0 Å². The van der Waals surface area contributed by atoms with Crippen LogP contribution in [0.25, 0.3) is 0 Å². The number of anilines is 2. The van der Waals surface area contributed by atoms with Gasteiger partial charge >= 0.3 is 0 Å². The number of amides is 3. The summed E-state index contributed by atoms with van der Waals surface area (Å²) in [5.74, 6) is -0.651. The van der Waals surface area contributed by atoms with Crippen LogP contribution in [0.4, 0.5) is 11.4 Å². The zero-order valence-electron chi connectivity index (χ0n) is 16.6. The summed E-state index contributed by atoms with van der Waals surface area (Å²) in [5.41, 5.74) is 2.50. The first-order chi connectivity index (χ1) is 14.0. The first-order valence-electron chi connectivity index (χ1n) is 9.71. The molecule has 7 nitrogen and oxygen atoms in total. The molecule has 2 N–H and O–H groups in total. The first kappa shape index (κ1) is 20.5. The highest BCUT2D eigenvalue weighted by molar-refractivity contribution is 6.03. The summed E-state index contributed by atoms with van der Waals surface area (Å²) in [6, 6.07) is 17.0. The van der Waals surface area contributed by atoms with E-state index in [0.717, 1.165) is 19.6 Å². The fourth-order valence-corrected chi connectivity index (χ4v) is 3.29. The van der Waals surface area contributed by atoms with Crippen molar-refractivity contribution in [1.82, 2.24) is 9.80 Å². The average Bonchev–Trinajstić information content (AvgIpc) is 2.70. The Morgan fingerprint density at radius 3 is 2.00 bits per heavy atom. The molecule has 1 aliphatic heterocycles. The molecule has 0 unspecified atom stereocenters. The summed E-state index contributed by atoms with van der Waals surface area (Å²) in [5, 5.41) is 5.39. The summed E-state index contributed by atoms with van der Waals surface area (Å²) in [6.07, 6.45) is -0.174. The van der Waals surface area contributed by atoms with Crippen molar-refractivity contribution in [2.24, 2.45) is 0 Å². The van der Waals surface area contributed by atoms with Crippen molar-refractivity contribution in [1.29, 1.82) is 0 Å². The van der Waals surface area contributed by atoms with Crippen LogP contribution in [-0.4, -0.2) is 53.7 Å². The van der Waals surface area contributed by atoms with Crippen LogP contribution in [0.15, 0.2) is 54.6 Å².